The number of hydrogen-bond acceptors (Lipinski definition) is 4. The standard InChI is InChI=1S/C22H14ClF6N3O2S/c1-2-35(33,34)16-7-12(11-4-3-5-13(6-11)21(24,25)26)9-30-19(16)20-17(23)18-15(32-20)8-14(10-31-18)22(27,28)29/h3-10,32H,2H2,1H3. The molecule has 0 unspecified atom stereocenters. The molecule has 0 fully saturated rings. The minimum Gasteiger partial charge on any atom is -0.351 e. The van der Waals surface area contributed by atoms with Crippen LogP contribution < -0.4 is 0 Å². The van der Waals surface area contributed by atoms with Crippen LogP contribution in [0.25, 0.3) is 33.5 Å². The Hall–Kier alpha value is -3.12. The fraction of sp³-hybridized carbons (Fsp3) is 0.182. The van der Waals surface area contributed by atoms with E-state index in [9.17, 15) is 34.8 Å². The van der Waals surface area contributed by atoms with E-state index in [4.69, 9.17) is 11.6 Å². The number of H-pyrrole nitrogens is 1. The Labute approximate surface area is 199 Å². The number of nitrogens with one attached hydrogen (secondary N) is 1. The van der Waals surface area contributed by atoms with E-state index >= 15 is 0 Å². The largest absolute Gasteiger partial charge is 0.417 e. The van der Waals surface area contributed by atoms with Gasteiger partial charge in [0.15, 0.2) is 9.84 Å². The molecular formula is C22H14ClF6N3O2S. The molecule has 3 aromatic heterocycles. The molecule has 184 valence electrons. The normalized spacial score (nSPS) is 12.9. The van der Waals surface area contributed by atoms with Crippen molar-refractivity contribution in [3.8, 4) is 22.5 Å². The van der Waals surface area contributed by atoms with Crippen molar-refractivity contribution in [1.29, 1.82) is 0 Å². The Kier molecular flexibility index (Phi) is 6.08. The van der Waals surface area contributed by atoms with Crippen molar-refractivity contribution < 1.29 is 34.8 Å². The fourth-order valence-corrected chi connectivity index (χ4v) is 4.77. The van der Waals surface area contributed by atoms with Gasteiger partial charge in [-0.1, -0.05) is 30.7 Å². The SMILES string of the molecule is CCS(=O)(=O)c1cc(-c2cccc(C(F)(F)F)c2)cnc1-c1[nH]c2cc(C(F)(F)F)cnc2c1Cl. The summed E-state index contributed by atoms with van der Waals surface area (Å²) in [5.74, 6) is -0.373. The number of sulfone groups is 1. The van der Waals surface area contributed by atoms with Gasteiger partial charge in [0.1, 0.15) is 11.2 Å². The smallest absolute Gasteiger partial charge is 0.351 e. The zero-order chi connectivity index (χ0) is 25.8. The summed E-state index contributed by atoms with van der Waals surface area (Å²) >= 11 is 6.32. The van der Waals surface area contributed by atoms with E-state index in [1.165, 1.54) is 19.1 Å². The fourth-order valence-electron chi connectivity index (χ4n) is 3.42. The number of alkyl halides is 6. The van der Waals surface area contributed by atoms with Crippen LogP contribution in [0.15, 0.2) is 53.7 Å². The lowest BCUT2D eigenvalue weighted by Crippen LogP contribution is -2.08. The minimum atomic E-state index is -4.67. The Morgan fingerprint density at radius 3 is 2.23 bits per heavy atom. The third-order valence-corrected chi connectivity index (χ3v) is 7.34. The Morgan fingerprint density at radius 2 is 1.60 bits per heavy atom. The van der Waals surface area contributed by atoms with E-state index in [0.717, 1.165) is 30.5 Å². The number of aromatic nitrogens is 3. The summed E-state index contributed by atoms with van der Waals surface area (Å²) < 4.78 is 104. The van der Waals surface area contributed by atoms with Crippen LogP contribution in [0.5, 0.6) is 0 Å². The lowest BCUT2D eigenvalue weighted by Gasteiger charge is -2.12. The third kappa shape index (κ3) is 4.72. The number of benzene rings is 1. The molecule has 5 nitrogen and oxygen atoms in total. The van der Waals surface area contributed by atoms with E-state index in [1.807, 2.05) is 0 Å². The van der Waals surface area contributed by atoms with Gasteiger partial charge < -0.3 is 4.98 Å². The summed E-state index contributed by atoms with van der Waals surface area (Å²) in [6, 6.07) is 6.22. The molecule has 35 heavy (non-hydrogen) atoms. The Balaban J connectivity index is 1.92. The van der Waals surface area contributed by atoms with Gasteiger partial charge >= 0.3 is 12.4 Å². The maximum absolute atomic E-state index is 13.1. The molecule has 0 radical (unpaired) electrons. The number of pyridine rings is 2. The molecule has 0 amide bonds. The van der Waals surface area contributed by atoms with E-state index < -0.39 is 33.3 Å². The number of nitrogens with zero attached hydrogens (tertiary/aromatic N) is 2. The molecule has 0 aliphatic carbocycles. The van der Waals surface area contributed by atoms with Crippen LogP contribution >= 0.6 is 11.6 Å². The maximum atomic E-state index is 13.1. The third-order valence-electron chi connectivity index (χ3n) is 5.23. The Morgan fingerprint density at radius 1 is 0.914 bits per heavy atom. The quantitative estimate of drug-likeness (QED) is 0.294. The van der Waals surface area contributed by atoms with Crippen LogP contribution in [-0.2, 0) is 22.2 Å². The molecule has 4 rings (SSSR count). The average Bonchev–Trinajstić information content (AvgIpc) is 3.13. The Bertz CT molecular complexity index is 1550. The van der Waals surface area contributed by atoms with Gasteiger partial charge in [-0.05, 0) is 29.8 Å². The number of rotatable bonds is 4. The summed E-state index contributed by atoms with van der Waals surface area (Å²) in [5.41, 5.74) is -2.20. The lowest BCUT2D eigenvalue weighted by atomic mass is 10.0. The lowest BCUT2D eigenvalue weighted by molar-refractivity contribution is -0.138. The predicted octanol–water partition coefficient (Wildman–Crippen LogP) is 6.78. The molecule has 1 N–H and O–H groups in total. The first-order valence-corrected chi connectivity index (χ1v) is 11.9. The first-order chi connectivity index (χ1) is 16.2. The van der Waals surface area contributed by atoms with Crippen molar-refractivity contribution in [2.45, 2.75) is 24.2 Å². The molecule has 0 saturated heterocycles. The molecule has 1 aromatic carbocycles. The highest BCUT2D eigenvalue weighted by molar-refractivity contribution is 7.91. The minimum absolute atomic E-state index is 0.0294. The van der Waals surface area contributed by atoms with Gasteiger partial charge in [0.05, 0.1) is 38.0 Å². The van der Waals surface area contributed by atoms with Gasteiger partial charge in [0.2, 0.25) is 0 Å². The number of aromatic amines is 1. The van der Waals surface area contributed by atoms with Crippen LogP contribution in [-0.4, -0.2) is 29.1 Å². The van der Waals surface area contributed by atoms with Gasteiger partial charge in [0.25, 0.3) is 0 Å². The van der Waals surface area contributed by atoms with Crippen LogP contribution in [0.1, 0.15) is 18.1 Å². The van der Waals surface area contributed by atoms with E-state index in [1.54, 1.807) is 0 Å². The van der Waals surface area contributed by atoms with Crippen molar-refractivity contribution in [3.05, 3.63) is 64.9 Å². The van der Waals surface area contributed by atoms with E-state index in [2.05, 4.69) is 15.0 Å². The topological polar surface area (TPSA) is 75.7 Å². The molecule has 3 heterocycles. The second kappa shape index (κ2) is 8.52. The molecule has 0 aliphatic heterocycles. The van der Waals surface area contributed by atoms with Crippen LogP contribution in [0, 0.1) is 0 Å². The second-order valence-electron chi connectivity index (χ2n) is 7.48. The number of halogens is 7. The highest BCUT2D eigenvalue weighted by Crippen LogP contribution is 2.39. The zero-order valence-electron chi connectivity index (χ0n) is 17.6. The van der Waals surface area contributed by atoms with Crippen molar-refractivity contribution in [2.75, 3.05) is 5.75 Å². The van der Waals surface area contributed by atoms with Crippen LogP contribution in [0.3, 0.4) is 0 Å². The van der Waals surface area contributed by atoms with Gasteiger partial charge in [0, 0.05) is 18.0 Å². The first-order valence-electron chi connectivity index (χ1n) is 9.87. The first kappa shape index (κ1) is 25.0. The molecule has 0 spiro atoms. The van der Waals surface area contributed by atoms with E-state index in [-0.39, 0.29) is 49.2 Å². The van der Waals surface area contributed by atoms with Crippen molar-refractivity contribution >= 4 is 32.5 Å². The maximum Gasteiger partial charge on any atom is 0.417 e. The van der Waals surface area contributed by atoms with Crippen LogP contribution in [0.2, 0.25) is 5.02 Å². The molecule has 0 bridgehead atoms. The summed E-state index contributed by atoms with van der Waals surface area (Å²) in [7, 11) is -4.00. The molecule has 4 aromatic rings. The molecule has 13 heteroatoms. The summed E-state index contributed by atoms with van der Waals surface area (Å²) in [6.07, 6.45) is -7.52. The highest BCUT2D eigenvalue weighted by atomic mass is 35.5. The zero-order valence-corrected chi connectivity index (χ0v) is 19.2. The summed E-state index contributed by atoms with van der Waals surface area (Å²) in [4.78, 5) is 10.2. The summed E-state index contributed by atoms with van der Waals surface area (Å²) in [5, 5.41) is -0.152. The van der Waals surface area contributed by atoms with Gasteiger partial charge in [-0.25, -0.2) is 8.42 Å². The monoisotopic (exact) mass is 533 g/mol. The van der Waals surface area contributed by atoms with Crippen molar-refractivity contribution in [3.63, 3.8) is 0 Å². The molecule has 0 saturated carbocycles. The number of fused-ring (bicyclic) bond motifs is 1. The van der Waals surface area contributed by atoms with Crippen molar-refractivity contribution in [2.24, 2.45) is 0 Å². The average molecular weight is 534 g/mol. The van der Waals surface area contributed by atoms with Gasteiger partial charge in [-0.15, -0.1) is 0 Å². The van der Waals surface area contributed by atoms with Crippen molar-refractivity contribution in [1.82, 2.24) is 15.0 Å². The van der Waals surface area contributed by atoms with Gasteiger partial charge in [-0.2, -0.15) is 26.3 Å². The molecule has 0 aliphatic rings. The molecular weight excluding hydrogens is 520 g/mol. The molecule has 0 atom stereocenters. The highest BCUT2D eigenvalue weighted by Gasteiger charge is 2.33. The predicted molar refractivity (Wildman–Crippen MR) is 118 cm³/mol. The summed E-state index contributed by atoms with van der Waals surface area (Å²) in [6.45, 7) is 1.36. The van der Waals surface area contributed by atoms with E-state index in [0.29, 0.717) is 6.20 Å². The number of hydrogen-bond donors (Lipinski definition) is 1. The van der Waals surface area contributed by atoms with Crippen LogP contribution in [0.4, 0.5) is 26.3 Å². The van der Waals surface area contributed by atoms with Gasteiger partial charge in [-0.3, -0.25) is 9.97 Å². The second-order valence-corrected chi connectivity index (χ2v) is 10.1.